The molecule has 240 valence electrons. The van der Waals surface area contributed by atoms with Crippen molar-refractivity contribution >= 4 is 55.4 Å². The van der Waals surface area contributed by atoms with Gasteiger partial charge in [-0.1, -0.05) is 159 Å². The second-order valence-electron chi connectivity index (χ2n) is 13.6. The lowest BCUT2D eigenvalue weighted by molar-refractivity contribution is 0.603. The quantitative estimate of drug-likeness (QED) is 0.163. The molecular formula is C50H34O. The third-order valence-corrected chi connectivity index (χ3v) is 11.0. The molecule has 1 heterocycles. The molecule has 0 saturated carbocycles. The molecule has 0 unspecified atom stereocenters. The van der Waals surface area contributed by atoms with E-state index in [0.717, 1.165) is 34.3 Å². The zero-order chi connectivity index (χ0) is 34.1. The fourth-order valence-corrected chi connectivity index (χ4v) is 8.84. The molecule has 0 atom stereocenters. The van der Waals surface area contributed by atoms with Crippen LogP contribution in [0.1, 0.15) is 33.9 Å². The van der Waals surface area contributed by atoms with Crippen LogP contribution in [0.25, 0.3) is 88.8 Å². The average molecular weight is 651 g/mol. The maximum atomic E-state index is 6.28. The summed E-state index contributed by atoms with van der Waals surface area (Å²) >= 11 is 0. The molecule has 1 aromatic heterocycles. The van der Waals surface area contributed by atoms with E-state index in [9.17, 15) is 0 Å². The highest BCUT2D eigenvalue weighted by Crippen LogP contribution is 2.49. The van der Waals surface area contributed by atoms with Gasteiger partial charge in [-0.25, -0.2) is 0 Å². The van der Waals surface area contributed by atoms with Crippen molar-refractivity contribution in [2.75, 3.05) is 0 Å². The lowest BCUT2D eigenvalue weighted by atomic mass is 9.83. The van der Waals surface area contributed by atoms with Crippen LogP contribution in [0.3, 0.4) is 0 Å². The Bertz CT molecular complexity index is 2780. The summed E-state index contributed by atoms with van der Waals surface area (Å²) in [5.41, 5.74) is 13.6. The van der Waals surface area contributed by atoms with E-state index in [0.29, 0.717) is 5.92 Å². The highest BCUT2D eigenvalue weighted by atomic mass is 16.3. The van der Waals surface area contributed by atoms with Gasteiger partial charge in [0.2, 0.25) is 0 Å². The standard InChI is InChI=1S/C50H34O/c1-3-33-40-27-26-32(30-48(40)51-47(33)4-2)49-41-21-11-13-23-43(41)50(44-24-14-12-22-42(44)49)45-28-25-31(34-15-5-6-16-35(34)45)29-46-38-19-9-7-17-36(38)37-18-8-10-20-39(37)46/h3-28,30,46H,1-2,29H2. The van der Waals surface area contributed by atoms with Crippen molar-refractivity contribution in [3.05, 3.63) is 193 Å². The average Bonchev–Trinajstić information content (AvgIpc) is 3.71. The van der Waals surface area contributed by atoms with Crippen LogP contribution in [0.5, 0.6) is 0 Å². The molecule has 0 radical (unpaired) electrons. The summed E-state index contributed by atoms with van der Waals surface area (Å²) in [5, 5.41) is 8.55. The Morgan fingerprint density at radius 1 is 0.471 bits per heavy atom. The SMILES string of the molecule is C=Cc1oc2cc(-c3c4ccccc4c(-c4ccc(CC5c6ccccc6-c6ccccc65)c5ccccc45)c4ccccc34)ccc2c1C=C. The van der Waals surface area contributed by atoms with Crippen LogP contribution in [-0.4, -0.2) is 0 Å². The van der Waals surface area contributed by atoms with E-state index in [1.54, 1.807) is 6.08 Å². The molecule has 1 aliphatic rings. The van der Waals surface area contributed by atoms with E-state index in [2.05, 4.69) is 165 Å². The van der Waals surface area contributed by atoms with Crippen molar-refractivity contribution in [2.24, 2.45) is 0 Å². The molecule has 0 saturated heterocycles. The first-order valence-electron chi connectivity index (χ1n) is 17.7. The predicted octanol–water partition coefficient (Wildman–Crippen LogP) is 13.9. The van der Waals surface area contributed by atoms with E-state index < -0.39 is 0 Å². The van der Waals surface area contributed by atoms with E-state index in [4.69, 9.17) is 4.42 Å². The number of furan rings is 1. The predicted molar refractivity (Wildman–Crippen MR) is 217 cm³/mol. The number of rotatable bonds is 6. The van der Waals surface area contributed by atoms with E-state index in [-0.39, 0.29) is 0 Å². The summed E-state index contributed by atoms with van der Waals surface area (Å²) in [5.74, 6) is 1.07. The molecule has 0 spiro atoms. The molecule has 51 heavy (non-hydrogen) atoms. The molecule has 1 aliphatic carbocycles. The molecule has 0 aliphatic heterocycles. The van der Waals surface area contributed by atoms with Gasteiger partial charge in [0, 0.05) is 16.9 Å². The largest absolute Gasteiger partial charge is 0.456 e. The van der Waals surface area contributed by atoms with Gasteiger partial charge in [-0.15, -0.1) is 0 Å². The molecule has 1 heteroatoms. The van der Waals surface area contributed by atoms with Crippen LogP contribution >= 0.6 is 0 Å². The van der Waals surface area contributed by atoms with Crippen LogP contribution in [0.2, 0.25) is 0 Å². The molecule has 8 aromatic carbocycles. The zero-order valence-electron chi connectivity index (χ0n) is 28.2. The lowest BCUT2D eigenvalue weighted by Crippen LogP contribution is -2.02. The lowest BCUT2D eigenvalue weighted by Gasteiger charge is -2.20. The van der Waals surface area contributed by atoms with Crippen molar-refractivity contribution in [1.29, 1.82) is 0 Å². The Labute approximate surface area is 297 Å². The minimum Gasteiger partial charge on any atom is -0.456 e. The Hall–Kier alpha value is -6.44. The van der Waals surface area contributed by atoms with E-state index in [1.807, 2.05) is 6.08 Å². The van der Waals surface area contributed by atoms with Gasteiger partial charge in [0.25, 0.3) is 0 Å². The Balaban J connectivity index is 1.18. The van der Waals surface area contributed by atoms with Crippen LogP contribution in [-0.2, 0) is 6.42 Å². The minimum absolute atomic E-state index is 0.323. The van der Waals surface area contributed by atoms with Crippen molar-refractivity contribution in [3.8, 4) is 33.4 Å². The second-order valence-corrected chi connectivity index (χ2v) is 13.6. The Kier molecular flexibility index (Phi) is 6.69. The molecular weight excluding hydrogens is 617 g/mol. The summed E-state index contributed by atoms with van der Waals surface area (Å²) < 4.78 is 6.28. The van der Waals surface area contributed by atoms with E-state index >= 15 is 0 Å². The Morgan fingerprint density at radius 2 is 1.02 bits per heavy atom. The maximum Gasteiger partial charge on any atom is 0.136 e. The smallest absolute Gasteiger partial charge is 0.136 e. The third-order valence-electron chi connectivity index (χ3n) is 11.0. The van der Waals surface area contributed by atoms with Crippen LogP contribution in [0, 0.1) is 0 Å². The first-order chi connectivity index (χ1) is 25.2. The zero-order valence-corrected chi connectivity index (χ0v) is 28.2. The number of benzene rings is 8. The molecule has 9 aromatic rings. The first kappa shape index (κ1) is 29.5. The highest BCUT2D eigenvalue weighted by Gasteiger charge is 2.29. The molecule has 0 amide bonds. The summed E-state index contributed by atoms with van der Waals surface area (Å²) in [4.78, 5) is 0. The van der Waals surface area contributed by atoms with Crippen molar-refractivity contribution in [3.63, 3.8) is 0 Å². The van der Waals surface area contributed by atoms with Gasteiger partial charge in [0.1, 0.15) is 11.3 Å². The summed E-state index contributed by atoms with van der Waals surface area (Å²) in [6.07, 6.45) is 4.56. The first-order valence-corrected chi connectivity index (χ1v) is 17.7. The third kappa shape index (κ3) is 4.41. The molecule has 0 bridgehead atoms. The van der Waals surface area contributed by atoms with Gasteiger partial charge in [-0.2, -0.15) is 0 Å². The summed E-state index contributed by atoms with van der Waals surface area (Å²) in [6, 6.07) is 55.9. The summed E-state index contributed by atoms with van der Waals surface area (Å²) in [7, 11) is 0. The number of fused-ring (bicyclic) bond motifs is 7. The van der Waals surface area contributed by atoms with Gasteiger partial charge in [0.05, 0.1) is 0 Å². The van der Waals surface area contributed by atoms with Crippen molar-refractivity contribution in [1.82, 2.24) is 0 Å². The van der Waals surface area contributed by atoms with Crippen molar-refractivity contribution in [2.45, 2.75) is 12.3 Å². The van der Waals surface area contributed by atoms with Crippen LogP contribution in [0.4, 0.5) is 0 Å². The monoisotopic (exact) mass is 650 g/mol. The normalized spacial score (nSPS) is 12.5. The van der Waals surface area contributed by atoms with Crippen LogP contribution < -0.4 is 0 Å². The Morgan fingerprint density at radius 3 is 1.63 bits per heavy atom. The van der Waals surface area contributed by atoms with Gasteiger partial charge >= 0.3 is 0 Å². The second kappa shape index (κ2) is 11.6. The fourth-order valence-electron chi connectivity index (χ4n) is 8.84. The molecule has 0 N–H and O–H groups in total. The molecule has 10 rings (SSSR count). The minimum atomic E-state index is 0.323. The number of hydrogen-bond acceptors (Lipinski definition) is 1. The molecule has 1 nitrogen and oxygen atoms in total. The van der Waals surface area contributed by atoms with Crippen molar-refractivity contribution < 1.29 is 4.42 Å². The van der Waals surface area contributed by atoms with Gasteiger partial charge < -0.3 is 4.42 Å². The van der Waals surface area contributed by atoms with Crippen LogP contribution in [0.15, 0.2) is 169 Å². The molecule has 0 fully saturated rings. The topological polar surface area (TPSA) is 13.1 Å². The van der Waals surface area contributed by atoms with E-state index in [1.165, 1.54) is 76.8 Å². The summed E-state index contributed by atoms with van der Waals surface area (Å²) in [6.45, 7) is 7.99. The fraction of sp³-hybridized carbons (Fsp3) is 0.0400. The number of hydrogen-bond donors (Lipinski definition) is 0. The van der Waals surface area contributed by atoms with Gasteiger partial charge in [-0.3, -0.25) is 0 Å². The maximum absolute atomic E-state index is 6.28. The highest BCUT2D eigenvalue weighted by molar-refractivity contribution is 6.24. The van der Waals surface area contributed by atoms with Gasteiger partial charge in [-0.05, 0) is 107 Å². The van der Waals surface area contributed by atoms with Gasteiger partial charge in [0.15, 0.2) is 0 Å².